The molecule has 2 aromatic carbocycles. The maximum absolute atomic E-state index is 12.5. The van der Waals surface area contributed by atoms with Gasteiger partial charge < -0.3 is 19.3 Å². The molecule has 25 heavy (non-hydrogen) atoms. The fourth-order valence-corrected chi connectivity index (χ4v) is 3.41. The Hall–Kier alpha value is -2.67. The van der Waals surface area contributed by atoms with E-state index in [1.807, 2.05) is 0 Å². The first-order valence-electron chi connectivity index (χ1n) is 7.38. The molecule has 0 bridgehead atoms. The van der Waals surface area contributed by atoms with Gasteiger partial charge in [-0.25, -0.2) is 8.42 Å². The number of phenols is 1. The molecule has 0 unspecified atom stereocenters. The number of benzene rings is 2. The molecular formula is C18H20O6S. The van der Waals surface area contributed by atoms with E-state index in [4.69, 9.17) is 14.2 Å². The van der Waals surface area contributed by atoms with Crippen LogP contribution in [0.25, 0.3) is 6.08 Å². The van der Waals surface area contributed by atoms with Gasteiger partial charge in [0.25, 0.3) is 0 Å². The van der Waals surface area contributed by atoms with E-state index in [1.54, 1.807) is 30.3 Å². The highest BCUT2D eigenvalue weighted by molar-refractivity contribution is 7.93. The lowest BCUT2D eigenvalue weighted by Gasteiger charge is -2.14. The molecule has 2 rings (SSSR count). The van der Waals surface area contributed by atoms with E-state index in [9.17, 15) is 13.5 Å². The van der Waals surface area contributed by atoms with Gasteiger partial charge in [0, 0.05) is 23.1 Å². The van der Waals surface area contributed by atoms with Crippen LogP contribution in [-0.4, -0.2) is 34.9 Å². The van der Waals surface area contributed by atoms with Crippen molar-refractivity contribution in [2.45, 2.75) is 5.75 Å². The average Bonchev–Trinajstić information content (AvgIpc) is 2.60. The average molecular weight is 364 g/mol. The molecule has 0 saturated heterocycles. The van der Waals surface area contributed by atoms with Gasteiger partial charge in [0.2, 0.25) is 0 Å². The predicted molar refractivity (Wildman–Crippen MR) is 95.9 cm³/mol. The monoisotopic (exact) mass is 364 g/mol. The molecule has 0 aliphatic carbocycles. The summed E-state index contributed by atoms with van der Waals surface area (Å²) < 4.78 is 40.6. The fraction of sp³-hybridized carbons (Fsp3) is 0.222. The molecule has 0 radical (unpaired) electrons. The molecule has 0 aromatic heterocycles. The minimum atomic E-state index is -3.63. The van der Waals surface area contributed by atoms with Crippen LogP contribution in [0, 0.1) is 0 Å². The van der Waals surface area contributed by atoms with Crippen molar-refractivity contribution in [3.63, 3.8) is 0 Å². The van der Waals surface area contributed by atoms with Crippen LogP contribution in [-0.2, 0) is 15.6 Å². The molecule has 0 fully saturated rings. The van der Waals surface area contributed by atoms with Crippen molar-refractivity contribution >= 4 is 15.9 Å². The van der Waals surface area contributed by atoms with E-state index >= 15 is 0 Å². The molecule has 0 saturated carbocycles. The fourth-order valence-electron chi connectivity index (χ4n) is 2.27. The summed E-state index contributed by atoms with van der Waals surface area (Å²) in [6.07, 6.45) is 1.35. The molecule has 6 nitrogen and oxygen atoms in total. The Kier molecular flexibility index (Phi) is 5.93. The molecule has 0 aliphatic rings. The zero-order valence-corrected chi connectivity index (χ0v) is 15.0. The highest BCUT2D eigenvalue weighted by atomic mass is 32.2. The number of rotatable bonds is 7. The van der Waals surface area contributed by atoms with Gasteiger partial charge in [0.1, 0.15) is 23.0 Å². The van der Waals surface area contributed by atoms with E-state index in [0.717, 1.165) is 5.41 Å². The second-order valence-electron chi connectivity index (χ2n) is 5.18. The van der Waals surface area contributed by atoms with E-state index < -0.39 is 9.84 Å². The Labute approximate surface area is 147 Å². The summed E-state index contributed by atoms with van der Waals surface area (Å²) in [5, 5.41) is 10.8. The maximum atomic E-state index is 12.5. The van der Waals surface area contributed by atoms with Gasteiger partial charge in [-0.1, -0.05) is 18.2 Å². The number of ether oxygens (including phenoxy) is 3. The normalized spacial score (nSPS) is 11.5. The molecule has 7 heteroatoms. The largest absolute Gasteiger partial charge is 0.507 e. The Morgan fingerprint density at radius 1 is 1.00 bits per heavy atom. The highest BCUT2D eigenvalue weighted by Crippen LogP contribution is 2.35. The number of para-hydroxylation sites is 1. The van der Waals surface area contributed by atoms with Gasteiger partial charge in [-0.3, -0.25) is 0 Å². The van der Waals surface area contributed by atoms with Crippen molar-refractivity contribution in [2.75, 3.05) is 21.3 Å². The van der Waals surface area contributed by atoms with Gasteiger partial charge in [0.15, 0.2) is 9.84 Å². The second kappa shape index (κ2) is 7.94. The van der Waals surface area contributed by atoms with E-state index in [1.165, 1.54) is 33.5 Å². The van der Waals surface area contributed by atoms with Gasteiger partial charge >= 0.3 is 0 Å². The maximum Gasteiger partial charge on any atom is 0.176 e. The zero-order chi connectivity index (χ0) is 18.4. The number of hydrogen-bond donors (Lipinski definition) is 1. The molecule has 0 atom stereocenters. The lowest BCUT2D eigenvalue weighted by molar-refractivity contribution is 0.370. The second-order valence-corrected chi connectivity index (χ2v) is 7.07. The van der Waals surface area contributed by atoms with E-state index in [-0.39, 0.29) is 11.5 Å². The Bertz CT molecular complexity index is 846. The summed E-state index contributed by atoms with van der Waals surface area (Å²) in [7, 11) is 0.766. The van der Waals surface area contributed by atoms with Crippen LogP contribution in [0.1, 0.15) is 11.1 Å². The third-order valence-electron chi connectivity index (χ3n) is 3.55. The quantitative estimate of drug-likeness (QED) is 0.813. The first-order chi connectivity index (χ1) is 11.9. The number of hydrogen-bond acceptors (Lipinski definition) is 6. The van der Waals surface area contributed by atoms with Gasteiger partial charge in [-0.05, 0) is 12.1 Å². The van der Waals surface area contributed by atoms with Crippen LogP contribution in [0.3, 0.4) is 0 Å². The summed E-state index contributed by atoms with van der Waals surface area (Å²) in [5.74, 6) is 0.910. The first kappa shape index (κ1) is 18.7. The van der Waals surface area contributed by atoms with Gasteiger partial charge in [0.05, 0.1) is 32.6 Å². The van der Waals surface area contributed by atoms with Gasteiger partial charge in [-0.2, -0.15) is 0 Å². The number of phenolic OH excluding ortho intramolecular Hbond substituents is 1. The van der Waals surface area contributed by atoms with Crippen molar-refractivity contribution in [1.82, 2.24) is 0 Å². The van der Waals surface area contributed by atoms with Crippen LogP contribution in [0.5, 0.6) is 23.0 Å². The lowest BCUT2D eigenvalue weighted by atomic mass is 10.2. The smallest absolute Gasteiger partial charge is 0.176 e. The Morgan fingerprint density at radius 2 is 1.60 bits per heavy atom. The molecular weight excluding hydrogens is 344 g/mol. The van der Waals surface area contributed by atoms with E-state index in [0.29, 0.717) is 28.4 Å². The molecule has 2 aromatic rings. The predicted octanol–water partition coefficient (Wildman–Crippen LogP) is 3.00. The topological polar surface area (TPSA) is 82.1 Å². The Morgan fingerprint density at radius 3 is 2.12 bits per heavy atom. The lowest BCUT2D eigenvalue weighted by Crippen LogP contribution is -2.05. The highest BCUT2D eigenvalue weighted by Gasteiger charge is 2.19. The van der Waals surface area contributed by atoms with Crippen LogP contribution in [0.15, 0.2) is 41.8 Å². The molecule has 0 spiro atoms. The van der Waals surface area contributed by atoms with Crippen LogP contribution in [0.2, 0.25) is 0 Å². The van der Waals surface area contributed by atoms with Crippen molar-refractivity contribution in [1.29, 1.82) is 0 Å². The number of sulfone groups is 1. The number of methoxy groups -OCH3 is 3. The SMILES string of the molecule is COc1cc(OC)c(CS(=O)(=O)/C=C\c2ccccc2O)c(OC)c1. The summed E-state index contributed by atoms with van der Waals surface area (Å²) in [4.78, 5) is 0. The minimum absolute atomic E-state index is 0.00792. The standard InChI is InChI=1S/C18H20O6S/c1-22-14-10-17(23-2)15(18(11-14)24-3)12-25(20,21)9-8-13-6-4-5-7-16(13)19/h4-11,19H,12H2,1-3H3/b9-8-. The molecule has 0 heterocycles. The summed E-state index contributed by atoms with van der Waals surface area (Å²) >= 11 is 0. The van der Waals surface area contributed by atoms with Crippen LogP contribution in [0.4, 0.5) is 0 Å². The number of aromatic hydroxyl groups is 1. The first-order valence-corrected chi connectivity index (χ1v) is 9.09. The van der Waals surface area contributed by atoms with Crippen molar-refractivity contribution in [3.05, 3.63) is 52.9 Å². The summed E-state index contributed by atoms with van der Waals surface area (Å²) in [5.41, 5.74) is 0.812. The van der Waals surface area contributed by atoms with Crippen molar-refractivity contribution in [3.8, 4) is 23.0 Å². The van der Waals surface area contributed by atoms with E-state index in [2.05, 4.69) is 0 Å². The Balaban J connectivity index is 2.36. The third kappa shape index (κ3) is 4.67. The zero-order valence-electron chi connectivity index (χ0n) is 14.2. The molecule has 0 amide bonds. The molecule has 1 N–H and O–H groups in total. The van der Waals surface area contributed by atoms with Crippen molar-refractivity contribution < 1.29 is 27.7 Å². The van der Waals surface area contributed by atoms with Crippen molar-refractivity contribution in [2.24, 2.45) is 0 Å². The van der Waals surface area contributed by atoms with Crippen LogP contribution >= 0.6 is 0 Å². The van der Waals surface area contributed by atoms with Gasteiger partial charge in [-0.15, -0.1) is 0 Å². The van der Waals surface area contributed by atoms with Crippen LogP contribution < -0.4 is 14.2 Å². The summed E-state index contributed by atoms with van der Waals surface area (Å²) in [6, 6.07) is 9.67. The third-order valence-corrected chi connectivity index (χ3v) is 4.80. The molecule has 134 valence electrons. The summed E-state index contributed by atoms with van der Waals surface area (Å²) in [6.45, 7) is 0. The minimum Gasteiger partial charge on any atom is -0.507 e. The molecule has 0 aliphatic heterocycles.